The number of benzene rings is 3. The molecule has 1 aliphatic carbocycles. The van der Waals surface area contributed by atoms with Gasteiger partial charge in [0.05, 0.1) is 17.5 Å². The molecule has 2 aliphatic rings. The number of nitrogens with zero attached hydrogens (tertiary/aromatic N) is 1. The molecule has 0 aromatic heterocycles. The van der Waals surface area contributed by atoms with E-state index in [1.165, 1.54) is 4.90 Å². The van der Waals surface area contributed by atoms with Crippen molar-refractivity contribution >= 4 is 17.5 Å². The summed E-state index contributed by atoms with van der Waals surface area (Å²) in [6.07, 6.45) is 4.26. The zero-order valence-corrected chi connectivity index (χ0v) is 17.7. The molecule has 0 radical (unpaired) electrons. The minimum absolute atomic E-state index is 0.0946. The molecular formula is C28H25NO2. The van der Waals surface area contributed by atoms with Gasteiger partial charge >= 0.3 is 0 Å². The van der Waals surface area contributed by atoms with Gasteiger partial charge in [-0.1, -0.05) is 84.9 Å². The second kappa shape index (κ2) is 7.66. The fraction of sp³-hybridized carbons (Fsp3) is 0.214. The average Bonchev–Trinajstić information content (AvgIpc) is 3.07. The molecule has 0 saturated carbocycles. The standard InChI is InChI=1S/C28H25NO2/c1-18-13-14-19(2)24(17-18)29-27(30)25-22(20-9-5-3-6-10-20)15-16-23(26(25)28(29)31)21-11-7-4-8-12-21/h3-17,22-23,25-26H,1-2H3/t22-,23+,25-,26+. The Morgan fingerprint density at radius 3 is 1.61 bits per heavy atom. The summed E-state index contributed by atoms with van der Waals surface area (Å²) in [4.78, 5) is 29.1. The van der Waals surface area contributed by atoms with E-state index in [4.69, 9.17) is 0 Å². The fourth-order valence-corrected chi connectivity index (χ4v) is 5.13. The summed E-state index contributed by atoms with van der Waals surface area (Å²) in [7, 11) is 0. The van der Waals surface area contributed by atoms with Crippen LogP contribution < -0.4 is 4.90 Å². The van der Waals surface area contributed by atoms with Crippen molar-refractivity contribution in [3.63, 3.8) is 0 Å². The van der Waals surface area contributed by atoms with Gasteiger partial charge in [-0.15, -0.1) is 0 Å². The molecule has 2 amide bonds. The maximum absolute atomic E-state index is 13.8. The first-order valence-electron chi connectivity index (χ1n) is 10.8. The number of imide groups is 1. The quantitative estimate of drug-likeness (QED) is 0.422. The van der Waals surface area contributed by atoms with Crippen LogP contribution in [0, 0.1) is 25.7 Å². The van der Waals surface area contributed by atoms with Crippen molar-refractivity contribution in [3.05, 3.63) is 113 Å². The Bertz CT molecular complexity index is 1100. The predicted octanol–water partition coefficient (Wildman–Crippen LogP) is 5.55. The van der Waals surface area contributed by atoms with E-state index in [9.17, 15) is 9.59 Å². The Kier molecular flexibility index (Phi) is 4.82. The number of rotatable bonds is 3. The molecule has 3 heteroatoms. The minimum Gasteiger partial charge on any atom is -0.274 e. The molecule has 4 atom stereocenters. The topological polar surface area (TPSA) is 37.4 Å². The summed E-state index contributed by atoms with van der Waals surface area (Å²) >= 11 is 0. The van der Waals surface area contributed by atoms with E-state index >= 15 is 0 Å². The van der Waals surface area contributed by atoms with Crippen molar-refractivity contribution in [3.8, 4) is 0 Å². The number of hydrogen-bond acceptors (Lipinski definition) is 2. The van der Waals surface area contributed by atoms with Gasteiger partial charge in [0.25, 0.3) is 0 Å². The van der Waals surface area contributed by atoms with Crippen molar-refractivity contribution in [1.29, 1.82) is 0 Å². The third-order valence-electron chi connectivity index (χ3n) is 6.67. The third-order valence-corrected chi connectivity index (χ3v) is 6.67. The maximum Gasteiger partial charge on any atom is 0.238 e. The van der Waals surface area contributed by atoms with Gasteiger partial charge in [-0.05, 0) is 42.2 Å². The van der Waals surface area contributed by atoms with E-state index in [-0.39, 0.29) is 23.7 Å². The van der Waals surface area contributed by atoms with E-state index in [1.807, 2.05) is 92.7 Å². The Morgan fingerprint density at radius 1 is 0.645 bits per heavy atom. The summed E-state index contributed by atoms with van der Waals surface area (Å²) in [5.74, 6) is -1.24. The highest BCUT2D eigenvalue weighted by Gasteiger charge is 2.55. The first-order chi connectivity index (χ1) is 15.1. The average molecular weight is 408 g/mol. The van der Waals surface area contributed by atoms with E-state index in [0.29, 0.717) is 5.69 Å². The molecule has 3 nitrogen and oxygen atoms in total. The van der Waals surface area contributed by atoms with Crippen LogP contribution in [0.5, 0.6) is 0 Å². The predicted molar refractivity (Wildman–Crippen MR) is 123 cm³/mol. The lowest BCUT2D eigenvalue weighted by Gasteiger charge is -2.32. The largest absolute Gasteiger partial charge is 0.274 e. The van der Waals surface area contributed by atoms with Crippen LogP contribution in [0.25, 0.3) is 0 Å². The van der Waals surface area contributed by atoms with Crippen molar-refractivity contribution in [1.82, 2.24) is 0 Å². The number of amides is 2. The molecule has 0 unspecified atom stereocenters. The Hall–Kier alpha value is -3.46. The Labute approximate surface area is 183 Å². The van der Waals surface area contributed by atoms with Crippen LogP contribution >= 0.6 is 0 Å². The smallest absolute Gasteiger partial charge is 0.238 e. The molecule has 3 aromatic carbocycles. The molecule has 3 aromatic rings. The van der Waals surface area contributed by atoms with Crippen molar-refractivity contribution < 1.29 is 9.59 Å². The lowest BCUT2D eigenvalue weighted by atomic mass is 9.68. The van der Waals surface area contributed by atoms with E-state index in [2.05, 4.69) is 12.2 Å². The molecule has 0 bridgehead atoms. The van der Waals surface area contributed by atoms with E-state index in [1.54, 1.807) is 0 Å². The molecule has 1 saturated heterocycles. The molecule has 154 valence electrons. The van der Waals surface area contributed by atoms with Crippen LogP contribution in [0.1, 0.15) is 34.1 Å². The highest BCUT2D eigenvalue weighted by molar-refractivity contribution is 6.23. The zero-order valence-electron chi connectivity index (χ0n) is 17.7. The molecule has 31 heavy (non-hydrogen) atoms. The summed E-state index contributed by atoms with van der Waals surface area (Å²) in [5.41, 5.74) is 4.83. The van der Waals surface area contributed by atoms with Crippen molar-refractivity contribution in [2.24, 2.45) is 11.8 Å². The van der Waals surface area contributed by atoms with Gasteiger partial charge in [-0.3, -0.25) is 9.59 Å². The minimum atomic E-state index is -0.412. The molecular weight excluding hydrogens is 382 g/mol. The van der Waals surface area contributed by atoms with Gasteiger partial charge in [0.2, 0.25) is 11.8 Å². The summed E-state index contributed by atoms with van der Waals surface area (Å²) in [6, 6.07) is 26.1. The fourth-order valence-electron chi connectivity index (χ4n) is 5.13. The van der Waals surface area contributed by atoms with Crippen LogP contribution in [0.15, 0.2) is 91.0 Å². The molecule has 1 aliphatic heterocycles. The lowest BCUT2D eigenvalue weighted by Crippen LogP contribution is -2.32. The lowest BCUT2D eigenvalue weighted by molar-refractivity contribution is -0.122. The highest BCUT2D eigenvalue weighted by Crippen LogP contribution is 2.50. The van der Waals surface area contributed by atoms with Crippen molar-refractivity contribution in [2.75, 3.05) is 4.90 Å². The normalized spacial score (nSPS) is 25.0. The highest BCUT2D eigenvalue weighted by atomic mass is 16.2. The number of anilines is 1. The molecule has 1 fully saturated rings. The van der Waals surface area contributed by atoms with Gasteiger partial charge in [0, 0.05) is 11.8 Å². The van der Waals surface area contributed by atoms with Crippen LogP contribution in [0.3, 0.4) is 0 Å². The molecule has 1 heterocycles. The van der Waals surface area contributed by atoms with Gasteiger partial charge in [0.15, 0.2) is 0 Å². The number of hydrogen-bond donors (Lipinski definition) is 0. The molecule has 5 rings (SSSR count). The molecule has 0 spiro atoms. The summed E-state index contributed by atoms with van der Waals surface area (Å²) < 4.78 is 0. The van der Waals surface area contributed by atoms with Gasteiger partial charge in [-0.25, -0.2) is 4.90 Å². The van der Waals surface area contributed by atoms with E-state index < -0.39 is 11.8 Å². The van der Waals surface area contributed by atoms with Gasteiger partial charge in [0.1, 0.15) is 0 Å². The van der Waals surface area contributed by atoms with Crippen LogP contribution in [0.4, 0.5) is 5.69 Å². The van der Waals surface area contributed by atoms with Gasteiger partial charge in [-0.2, -0.15) is 0 Å². The van der Waals surface area contributed by atoms with Crippen LogP contribution in [-0.2, 0) is 9.59 Å². The zero-order chi connectivity index (χ0) is 21.5. The van der Waals surface area contributed by atoms with E-state index in [0.717, 1.165) is 22.3 Å². The third kappa shape index (κ3) is 3.21. The maximum atomic E-state index is 13.8. The number of fused-ring (bicyclic) bond motifs is 1. The second-order valence-corrected chi connectivity index (χ2v) is 8.61. The SMILES string of the molecule is Cc1ccc(C)c(N2C(=O)[C@@H]3[C@H](C2=O)[C@@H](c2ccccc2)C=C[C@H]3c2ccccc2)c1. The van der Waals surface area contributed by atoms with Crippen LogP contribution in [-0.4, -0.2) is 11.8 Å². The number of carbonyl (C=O) groups is 2. The summed E-state index contributed by atoms with van der Waals surface area (Å²) in [5, 5.41) is 0. The Balaban J connectivity index is 1.65. The van der Waals surface area contributed by atoms with Gasteiger partial charge < -0.3 is 0 Å². The first-order valence-corrected chi connectivity index (χ1v) is 10.8. The van der Waals surface area contributed by atoms with Crippen molar-refractivity contribution in [2.45, 2.75) is 25.7 Å². The first kappa shape index (κ1) is 19.5. The Morgan fingerprint density at radius 2 is 1.13 bits per heavy atom. The second-order valence-electron chi connectivity index (χ2n) is 8.61. The monoisotopic (exact) mass is 407 g/mol. The number of aryl methyl sites for hydroxylation is 2. The number of carbonyl (C=O) groups excluding carboxylic acids is 2. The molecule has 0 N–H and O–H groups in total. The van der Waals surface area contributed by atoms with Crippen LogP contribution in [0.2, 0.25) is 0 Å². The summed E-state index contributed by atoms with van der Waals surface area (Å²) in [6.45, 7) is 3.95. The number of allylic oxidation sites excluding steroid dienone is 2.